The monoisotopic (exact) mass is 382 g/mol. The Bertz CT molecular complexity index is 560. The first-order chi connectivity index (χ1) is 13.1. The number of halogens is 2. The number of nitrogens with one attached hydrogen (secondary N) is 1. The Labute approximate surface area is 161 Å². The van der Waals surface area contributed by atoms with Crippen molar-refractivity contribution in [1.29, 1.82) is 0 Å². The van der Waals surface area contributed by atoms with E-state index in [2.05, 4.69) is 15.0 Å². The van der Waals surface area contributed by atoms with Crippen LogP contribution in [0.25, 0.3) is 0 Å². The average molecular weight is 382 g/mol. The SMILES string of the molecule is CCNC(=NCCCCN1CCCC1)N(C)Cc1ccc(OC(F)F)cc1. The van der Waals surface area contributed by atoms with E-state index >= 15 is 0 Å². The Balaban J connectivity index is 1.78. The van der Waals surface area contributed by atoms with Crippen LogP contribution in [0.4, 0.5) is 8.78 Å². The van der Waals surface area contributed by atoms with Crippen molar-refractivity contribution in [3.05, 3.63) is 29.8 Å². The van der Waals surface area contributed by atoms with E-state index < -0.39 is 6.61 Å². The predicted molar refractivity (Wildman–Crippen MR) is 105 cm³/mol. The third kappa shape index (κ3) is 8.12. The Kier molecular flexibility index (Phi) is 9.31. The van der Waals surface area contributed by atoms with E-state index in [9.17, 15) is 8.78 Å². The molecule has 0 radical (unpaired) electrons. The molecule has 0 bridgehead atoms. The van der Waals surface area contributed by atoms with Gasteiger partial charge in [0.1, 0.15) is 5.75 Å². The van der Waals surface area contributed by atoms with Crippen molar-refractivity contribution >= 4 is 5.96 Å². The van der Waals surface area contributed by atoms with Crippen molar-refractivity contribution in [2.75, 3.05) is 39.8 Å². The molecule has 1 aromatic carbocycles. The van der Waals surface area contributed by atoms with Gasteiger partial charge in [0.25, 0.3) is 0 Å². The minimum absolute atomic E-state index is 0.176. The second-order valence-corrected chi connectivity index (χ2v) is 6.87. The maximum absolute atomic E-state index is 12.2. The van der Waals surface area contributed by atoms with Gasteiger partial charge in [-0.2, -0.15) is 8.78 Å². The lowest BCUT2D eigenvalue weighted by atomic mass is 10.2. The van der Waals surface area contributed by atoms with Crippen molar-refractivity contribution < 1.29 is 13.5 Å². The molecule has 1 aliphatic heterocycles. The zero-order valence-corrected chi connectivity index (χ0v) is 16.5. The molecule has 0 spiro atoms. The maximum Gasteiger partial charge on any atom is 0.387 e. The molecule has 0 atom stereocenters. The molecule has 0 amide bonds. The fourth-order valence-electron chi connectivity index (χ4n) is 3.23. The van der Waals surface area contributed by atoms with Crippen LogP contribution in [0.15, 0.2) is 29.3 Å². The maximum atomic E-state index is 12.2. The molecule has 0 aromatic heterocycles. The summed E-state index contributed by atoms with van der Waals surface area (Å²) in [5.74, 6) is 1.04. The third-order valence-corrected chi connectivity index (χ3v) is 4.61. The Morgan fingerprint density at radius 3 is 2.56 bits per heavy atom. The van der Waals surface area contributed by atoms with Gasteiger partial charge in [-0.25, -0.2) is 0 Å². The summed E-state index contributed by atoms with van der Waals surface area (Å²) in [5, 5.41) is 3.31. The molecule has 5 nitrogen and oxygen atoms in total. The highest BCUT2D eigenvalue weighted by Gasteiger charge is 2.11. The summed E-state index contributed by atoms with van der Waals surface area (Å²) in [6.45, 7) is 5.18. The van der Waals surface area contributed by atoms with E-state index in [-0.39, 0.29) is 5.75 Å². The molecule has 1 saturated heterocycles. The van der Waals surface area contributed by atoms with Gasteiger partial charge < -0.3 is 19.9 Å². The van der Waals surface area contributed by atoms with Crippen molar-refractivity contribution in [3.63, 3.8) is 0 Å². The Hall–Kier alpha value is -1.89. The zero-order valence-electron chi connectivity index (χ0n) is 16.5. The summed E-state index contributed by atoms with van der Waals surface area (Å²) in [6, 6.07) is 6.73. The molecule has 1 fully saturated rings. The minimum Gasteiger partial charge on any atom is -0.435 e. The van der Waals surface area contributed by atoms with Gasteiger partial charge in [-0.3, -0.25) is 4.99 Å². The molecule has 0 saturated carbocycles. The number of nitrogens with zero attached hydrogens (tertiary/aromatic N) is 3. The number of aliphatic imine (C=N–C) groups is 1. The average Bonchev–Trinajstić information content (AvgIpc) is 3.15. The lowest BCUT2D eigenvalue weighted by Gasteiger charge is -2.22. The van der Waals surface area contributed by atoms with Crippen LogP contribution in [0, 0.1) is 0 Å². The van der Waals surface area contributed by atoms with Gasteiger partial charge in [-0.05, 0) is 69.9 Å². The van der Waals surface area contributed by atoms with Crippen LogP contribution in [0.2, 0.25) is 0 Å². The summed E-state index contributed by atoms with van der Waals surface area (Å²) in [5.41, 5.74) is 1.01. The number of ether oxygens (including phenoxy) is 1. The van der Waals surface area contributed by atoms with Crippen molar-refractivity contribution in [1.82, 2.24) is 15.1 Å². The summed E-state index contributed by atoms with van der Waals surface area (Å²) >= 11 is 0. The topological polar surface area (TPSA) is 40.1 Å². The van der Waals surface area contributed by atoms with Crippen LogP contribution < -0.4 is 10.1 Å². The number of unbranched alkanes of at least 4 members (excludes halogenated alkanes) is 1. The molecule has 2 rings (SSSR count). The number of alkyl halides is 2. The van der Waals surface area contributed by atoms with Gasteiger partial charge in [0, 0.05) is 26.7 Å². The fourth-order valence-corrected chi connectivity index (χ4v) is 3.23. The molecule has 1 aromatic rings. The fraction of sp³-hybridized carbons (Fsp3) is 0.650. The van der Waals surface area contributed by atoms with E-state index in [0.29, 0.717) is 6.54 Å². The van der Waals surface area contributed by atoms with Crippen LogP contribution in [-0.4, -0.2) is 62.1 Å². The van der Waals surface area contributed by atoms with Gasteiger partial charge in [-0.15, -0.1) is 0 Å². The van der Waals surface area contributed by atoms with Crippen LogP contribution >= 0.6 is 0 Å². The van der Waals surface area contributed by atoms with Crippen molar-refractivity contribution in [2.45, 2.75) is 45.8 Å². The first-order valence-electron chi connectivity index (χ1n) is 9.84. The molecule has 152 valence electrons. The number of benzene rings is 1. The number of guanidine groups is 1. The van der Waals surface area contributed by atoms with E-state index in [4.69, 9.17) is 4.99 Å². The lowest BCUT2D eigenvalue weighted by Crippen LogP contribution is -2.38. The van der Waals surface area contributed by atoms with E-state index in [1.807, 2.05) is 18.9 Å². The van der Waals surface area contributed by atoms with Crippen molar-refractivity contribution in [2.24, 2.45) is 4.99 Å². The van der Waals surface area contributed by atoms with Crippen LogP contribution in [0.5, 0.6) is 5.75 Å². The highest BCUT2D eigenvalue weighted by molar-refractivity contribution is 5.79. The highest BCUT2D eigenvalue weighted by Crippen LogP contribution is 2.16. The molecule has 27 heavy (non-hydrogen) atoms. The van der Waals surface area contributed by atoms with E-state index in [0.717, 1.165) is 31.0 Å². The number of likely N-dealkylation sites (tertiary alicyclic amines) is 1. The van der Waals surface area contributed by atoms with E-state index in [1.165, 1.54) is 38.9 Å². The third-order valence-electron chi connectivity index (χ3n) is 4.61. The summed E-state index contributed by atoms with van der Waals surface area (Å²) in [4.78, 5) is 9.30. The van der Waals surface area contributed by atoms with Crippen LogP contribution in [0.1, 0.15) is 38.2 Å². The summed E-state index contributed by atoms with van der Waals surface area (Å²) in [7, 11) is 1.98. The zero-order chi connectivity index (χ0) is 19.5. The first-order valence-corrected chi connectivity index (χ1v) is 9.84. The normalized spacial score (nSPS) is 15.4. The second kappa shape index (κ2) is 11.7. The second-order valence-electron chi connectivity index (χ2n) is 6.87. The van der Waals surface area contributed by atoms with Crippen LogP contribution in [0.3, 0.4) is 0 Å². The molecule has 1 aliphatic rings. The lowest BCUT2D eigenvalue weighted by molar-refractivity contribution is -0.0498. The number of hydrogen-bond donors (Lipinski definition) is 1. The Morgan fingerprint density at radius 1 is 1.22 bits per heavy atom. The largest absolute Gasteiger partial charge is 0.435 e. The molecule has 0 aliphatic carbocycles. The first kappa shape index (κ1) is 21.4. The number of hydrogen-bond acceptors (Lipinski definition) is 3. The van der Waals surface area contributed by atoms with Crippen molar-refractivity contribution in [3.8, 4) is 5.75 Å². The predicted octanol–water partition coefficient (Wildman–Crippen LogP) is 3.56. The molecular weight excluding hydrogens is 350 g/mol. The van der Waals surface area contributed by atoms with Gasteiger partial charge in [0.15, 0.2) is 5.96 Å². The smallest absolute Gasteiger partial charge is 0.387 e. The van der Waals surface area contributed by atoms with Gasteiger partial charge in [0.05, 0.1) is 0 Å². The standard InChI is InChI=1S/C20H32F2N4O/c1-3-23-20(24-12-4-5-13-26-14-6-7-15-26)25(2)16-17-8-10-18(11-9-17)27-19(21)22/h8-11,19H,3-7,12-16H2,1-2H3,(H,23,24). The van der Waals surface area contributed by atoms with Gasteiger partial charge in [-0.1, -0.05) is 12.1 Å². The molecule has 7 heteroatoms. The molecular formula is C20H32F2N4O. The summed E-state index contributed by atoms with van der Waals surface area (Å²) in [6.07, 6.45) is 4.93. The van der Waals surface area contributed by atoms with E-state index in [1.54, 1.807) is 24.3 Å². The highest BCUT2D eigenvalue weighted by atomic mass is 19.3. The molecule has 1 heterocycles. The van der Waals surface area contributed by atoms with Gasteiger partial charge in [0.2, 0.25) is 0 Å². The minimum atomic E-state index is -2.79. The Morgan fingerprint density at radius 2 is 1.93 bits per heavy atom. The summed E-state index contributed by atoms with van der Waals surface area (Å²) < 4.78 is 28.8. The molecule has 0 unspecified atom stereocenters. The molecule has 1 N–H and O–H groups in total. The van der Waals surface area contributed by atoms with Crippen LogP contribution in [-0.2, 0) is 6.54 Å². The quantitative estimate of drug-likeness (QED) is 0.382. The number of rotatable bonds is 10. The van der Waals surface area contributed by atoms with Gasteiger partial charge >= 0.3 is 6.61 Å².